The zero-order valence-corrected chi connectivity index (χ0v) is 10.9. The highest BCUT2D eigenvalue weighted by atomic mass is 19.1. The van der Waals surface area contributed by atoms with Crippen molar-refractivity contribution < 1.29 is 18.6 Å². The summed E-state index contributed by atoms with van der Waals surface area (Å²) in [5.41, 5.74) is 0.364. The van der Waals surface area contributed by atoms with Crippen LogP contribution in [-0.2, 0) is 0 Å². The SMILES string of the molecule is COc1cccc(C(O)CNc2c(F)cccc2F)c1. The van der Waals surface area contributed by atoms with E-state index >= 15 is 0 Å². The average molecular weight is 279 g/mol. The van der Waals surface area contributed by atoms with E-state index in [4.69, 9.17) is 4.74 Å². The fraction of sp³-hybridized carbons (Fsp3) is 0.200. The average Bonchev–Trinajstić information content (AvgIpc) is 2.46. The van der Waals surface area contributed by atoms with Crippen molar-refractivity contribution in [3.63, 3.8) is 0 Å². The summed E-state index contributed by atoms with van der Waals surface area (Å²) >= 11 is 0. The van der Waals surface area contributed by atoms with E-state index in [-0.39, 0.29) is 12.2 Å². The Morgan fingerprint density at radius 2 is 1.80 bits per heavy atom. The van der Waals surface area contributed by atoms with Crippen LogP contribution in [0.4, 0.5) is 14.5 Å². The molecule has 1 atom stereocenters. The van der Waals surface area contributed by atoms with Gasteiger partial charge in [0.05, 0.1) is 13.2 Å². The lowest BCUT2D eigenvalue weighted by molar-refractivity contribution is 0.191. The first-order valence-electron chi connectivity index (χ1n) is 6.11. The first-order valence-corrected chi connectivity index (χ1v) is 6.11. The van der Waals surface area contributed by atoms with Gasteiger partial charge < -0.3 is 15.2 Å². The third-order valence-corrected chi connectivity index (χ3v) is 2.91. The number of nitrogens with one attached hydrogen (secondary N) is 1. The minimum atomic E-state index is -0.899. The molecule has 0 radical (unpaired) electrons. The monoisotopic (exact) mass is 279 g/mol. The van der Waals surface area contributed by atoms with Crippen molar-refractivity contribution in [2.24, 2.45) is 0 Å². The van der Waals surface area contributed by atoms with Gasteiger partial charge in [-0.3, -0.25) is 0 Å². The minimum Gasteiger partial charge on any atom is -0.497 e. The van der Waals surface area contributed by atoms with Crippen molar-refractivity contribution in [3.05, 3.63) is 59.7 Å². The Hall–Kier alpha value is -2.14. The zero-order valence-electron chi connectivity index (χ0n) is 10.9. The summed E-state index contributed by atoms with van der Waals surface area (Å²) in [6.07, 6.45) is -0.899. The molecule has 2 N–H and O–H groups in total. The normalized spacial score (nSPS) is 12.0. The van der Waals surface area contributed by atoms with Crippen LogP contribution in [0.2, 0.25) is 0 Å². The molecule has 0 saturated carbocycles. The van der Waals surface area contributed by atoms with Gasteiger partial charge in [-0.1, -0.05) is 18.2 Å². The molecule has 20 heavy (non-hydrogen) atoms. The third-order valence-electron chi connectivity index (χ3n) is 2.91. The van der Waals surface area contributed by atoms with E-state index in [1.54, 1.807) is 24.3 Å². The van der Waals surface area contributed by atoms with Crippen LogP contribution in [0.5, 0.6) is 5.75 Å². The molecule has 0 aliphatic heterocycles. The highest BCUT2D eigenvalue weighted by Gasteiger charge is 2.12. The standard InChI is InChI=1S/C15H15F2NO2/c1-20-11-5-2-4-10(8-11)14(19)9-18-15-12(16)6-3-7-13(15)17/h2-8,14,18-19H,9H2,1H3. The quantitative estimate of drug-likeness (QED) is 0.883. The van der Waals surface area contributed by atoms with E-state index in [0.29, 0.717) is 11.3 Å². The van der Waals surface area contributed by atoms with Gasteiger partial charge in [0.25, 0.3) is 0 Å². The third kappa shape index (κ3) is 3.24. The Balaban J connectivity index is 2.06. The molecule has 0 amide bonds. The second-order valence-corrected chi connectivity index (χ2v) is 4.27. The number of benzene rings is 2. The molecule has 0 saturated heterocycles. The number of halogens is 2. The minimum absolute atomic E-state index is 0.00891. The maximum atomic E-state index is 13.4. The molecule has 0 fully saturated rings. The van der Waals surface area contributed by atoms with Gasteiger partial charge in [0.1, 0.15) is 23.1 Å². The van der Waals surface area contributed by atoms with Crippen molar-refractivity contribution in [2.75, 3.05) is 19.0 Å². The molecule has 0 aromatic heterocycles. The van der Waals surface area contributed by atoms with Gasteiger partial charge in [0, 0.05) is 6.54 Å². The fourth-order valence-corrected chi connectivity index (χ4v) is 1.83. The van der Waals surface area contributed by atoms with E-state index < -0.39 is 17.7 Å². The van der Waals surface area contributed by atoms with Crippen molar-refractivity contribution in [1.82, 2.24) is 0 Å². The summed E-state index contributed by atoms with van der Waals surface area (Å²) in [4.78, 5) is 0. The Bertz CT molecular complexity index is 570. The fourth-order valence-electron chi connectivity index (χ4n) is 1.83. The largest absolute Gasteiger partial charge is 0.497 e. The predicted molar refractivity (Wildman–Crippen MR) is 72.8 cm³/mol. The molecule has 2 rings (SSSR count). The van der Waals surface area contributed by atoms with Crippen LogP contribution in [0, 0.1) is 11.6 Å². The molecule has 3 nitrogen and oxygen atoms in total. The number of hydrogen-bond acceptors (Lipinski definition) is 3. The summed E-state index contributed by atoms with van der Waals surface area (Å²) in [7, 11) is 1.53. The van der Waals surface area contributed by atoms with Crippen LogP contribution in [-0.4, -0.2) is 18.8 Å². The Morgan fingerprint density at radius 1 is 1.15 bits per heavy atom. The Morgan fingerprint density at radius 3 is 2.45 bits per heavy atom. The highest BCUT2D eigenvalue weighted by molar-refractivity contribution is 5.46. The summed E-state index contributed by atoms with van der Waals surface area (Å²) in [5, 5.41) is 12.6. The van der Waals surface area contributed by atoms with Crippen molar-refractivity contribution >= 4 is 5.69 Å². The van der Waals surface area contributed by atoms with Crippen LogP contribution in [0.25, 0.3) is 0 Å². The molecule has 2 aromatic rings. The molecule has 2 aromatic carbocycles. The molecule has 0 aliphatic rings. The number of anilines is 1. The van der Waals surface area contributed by atoms with Gasteiger partial charge in [0.15, 0.2) is 0 Å². The van der Waals surface area contributed by atoms with E-state index in [2.05, 4.69) is 5.32 Å². The number of aliphatic hydroxyl groups excluding tert-OH is 1. The van der Waals surface area contributed by atoms with E-state index in [1.807, 2.05) is 0 Å². The van der Waals surface area contributed by atoms with Gasteiger partial charge in [-0.05, 0) is 29.8 Å². The molecule has 0 aliphatic carbocycles. The molecule has 106 valence electrons. The predicted octanol–water partition coefficient (Wildman–Crippen LogP) is 3.12. The van der Waals surface area contributed by atoms with Gasteiger partial charge in [-0.15, -0.1) is 0 Å². The molecule has 0 spiro atoms. The highest BCUT2D eigenvalue weighted by Crippen LogP contribution is 2.22. The van der Waals surface area contributed by atoms with E-state index in [9.17, 15) is 13.9 Å². The van der Waals surface area contributed by atoms with Crippen LogP contribution in [0.15, 0.2) is 42.5 Å². The Labute approximate surface area is 115 Å². The van der Waals surface area contributed by atoms with Gasteiger partial charge in [-0.25, -0.2) is 8.78 Å². The second-order valence-electron chi connectivity index (χ2n) is 4.27. The summed E-state index contributed by atoms with van der Waals surface area (Å²) in [5.74, 6) is -0.774. The zero-order chi connectivity index (χ0) is 14.5. The Kier molecular flexibility index (Phi) is 4.53. The van der Waals surface area contributed by atoms with Crippen molar-refractivity contribution in [2.45, 2.75) is 6.10 Å². The molecule has 0 heterocycles. The molecule has 1 unspecified atom stereocenters. The summed E-state index contributed by atoms with van der Waals surface area (Å²) < 4.78 is 31.9. The maximum absolute atomic E-state index is 13.4. The molecular formula is C15H15F2NO2. The van der Waals surface area contributed by atoms with Crippen molar-refractivity contribution in [3.8, 4) is 5.75 Å². The smallest absolute Gasteiger partial charge is 0.149 e. The summed E-state index contributed by atoms with van der Waals surface area (Å²) in [6.45, 7) is -0.00891. The van der Waals surface area contributed by atoms with E-state index in [1.165, 1.54) is 13.2 Å². The van der Waals surface area contributed by atoms with Gasteiger partial charge in [0.2, 0.25) is 0 Å². The molecule has 5 heteroatoms. The first-order chi connectivity index (χ1) is 9.61. The van der Waals surface area contributed by atoms with Gasteiger partial charge in [-0.2, -0.15) is 0 Å². The topological polar surface area (TPSA) is 41.5 Å². The number of ether oxygens (including phenoxy) is 1. The number of hydrogen-bond donors (Lipinski definition) is 2. The van der Waals surface area contributed by atoms with Crippen LogP contribution in [0.3, 0.4) is 0 Å². The van der Waals surface area contributed by atoms with Crippen LogP contribution >= 0.6 is 0 Å². The lowest BCUT2D eigenvalue weighted by Crippen LogP contribution is -2.14. The number of methoxy groups -OCH3 is 1. The first kappa shape index (κ1) is 14.3. The van der Waals surface area contributed by atoms with Gasteiger partial charge >= 0.3 is 0 Å². The lowest BCUT2D eigenvalue weighted by Gasteiger charge is -2.14. The van der Waals surface area contributed by atoms with Crippen LogP contribution in [0.1, 0.15) is 11.7 Å². The number of para-hydroxylation sites is 1. The molecule has 0 bridgehead atoms. The summed E-state index contributed by atoms with van der Waals surface area (Å²) in [6, 6.07) is 10.5. The molecular weight excluding hydrogens is 264 g/mol. The number of aliphatic hydroxyl groups is 1. The van der Waals surface area contributed by atoms with Crippen LogP contribution < -0.4 is 10.1 Å². The maximum Gasteiger partial charge on any atom is 0.149 e. The van der Waals surface area contributed by atoms with E-state index in [0.717, 1.165) is 12.1 Å². The number of rotatable bonds is 5. The lowest BCUT2D eigenvalue weighted by atomic mass is 10.1. The second kappa shape index (κ2) is 6.34. The van der Waals surface area contributed by atoms with Crippen molar-refractivity contribution in [1.29, 1.82) is 0 Å².